The molecule has 0 saturated carbocycles. The number of hydrogen-bond donors (Lipinski definition) is 1. The molecule has 1 N–H and O–H groups in total. The molecular weight excluding hydrogens is 288 g/mol. The topological polar surface area (TPSA) is 59.8 Å². The molecule has 2 aromatic heterocycles. The first-order valence-electron chi connectivity index (χ1n) is 6.24. The highest BCUT2D eigenvalue weighted by atomic mass is 35.5. The summed E-state index contributed by atoms with van der Waals surface area (Å²) in [6, 6.07) is 10.7. The van der Waals surface area contributed by atoms with Gasteiger partial charge in [0, 0.05) is 18.6 Å². The fraction of sp³-hybridized carbons (Fsp3) is 0. The van der Waals surface area contributed by atoms with Gasteiger partial charge in [0.2, 0.25) is 0 Å². The van der Waals surface area contributed by atoms with E-state index in [0.717, 1.165) is 5.69 Å². The van der Waals surface area contributed by atoms with Crippen molar-refractivity contribution in [3.8, 4) is 5.69 Å². The summed E-state index contributed by atoms with van der Waals surface area (Å²) in [5.74, 6) is -0.244. The molecule has 0 spiro atoms. The molecule has 5 nitrogen and oxygen atoms in total. The number of para-hydroxylation sites is 2. The Kier molecular flexibility index (Phi) is 3.66. The van der Waals surface area contributed by atoms with Crippen LogP contribution in [-0.2, 0) is 0 Å². The quantitative estimate of drug-likeness (QED) is 0.756. The number of hydrogen-bond acceptors (Lipinski definition) is 3. The molecule has 0 fully saturated rings. The molecule has 0 atom stereocenters. The van der Waals surface area contributed by atoms with Gasteiger partial charge in [-0.3, -0.25) is 4.79 Å². The van der Waals surface area contributed by atoms with Gasteiger partial charge in [0.1, 0.15) is 5.15 Å². The van der Waals surface area contributed by atoms with Gasteiger partial charge in [-0.15, -0.1) is 0 Å². The van der Waals surface area contributed by atoms with E-state index in [0.29, 0.717) is 16.4 Å². The van der Waals surface area contributed by atoms with E-state index in [1.165, 1.54) is 6.20 Å². The lowest BCUT2D eigenvalue weighted by atomic mass is 10.2. The van der Waals surface area contributed by atoms with Crippen LogP contribution in [0.15, 0.2) is 61.3 Å². The van der Waals surface area contributed by atoms with Crippen LogP contribution in [0.4, 0.5) is 5.69 Å². The largest absolute Gasteiger partial charge is 0.320 e. The molecular formula is C15H11ClN4O. The van der Waals surface area contributed by atoms with E-state index in [4.69, 9.17) is 11.6 Å². The van der Waals surface area contributed by atoms with Crippen LogP contribution in [0.5, 0.6) is 0 Å². The number of amides is 1. The van der Waals surface area contributed by atoms with Crippen molar-refractivity contribution in [3.05, 3.63) is 72.0 Å². The lowest BCUT2D eigenvalue weighted by Gasteiger charge is -2.11. The van der Waals surface area contributed by atoms with Crippen molar-refractivity contribution in [2.75, 3.05) is 5.32 Å². The van der Waals surface area contributed by atoms with E-state index in [1.807, 2.05) is 35.0 Å². The second-order valence-electron chi connectivity index (χ2n) is 4.31. The molecule has 1 amide bonds. The maximum absolute atomic E-state index is 12.2. The molecule has 104 valence electrons. The maximum Gasteiger partial charge on any atom is 0.257 e. The van der Waals surface area contributed by atoms with Crippen molar-refractivity contribution in [2.45, 2.75) is 0 Å². The number of rotatable bonds is 3. The molecule has 0 bridgehead atoms. The molecule has 0 saturated heterocycles. The Hall–Kier alpha value is -2.66. The minimum atomic E-state index is -0.244. The Labute approximate surface area is 126 Å². The number of benzene rings is 1. The van der Waals surface area contributed by atoms with Gasteiger partial charge in [-0.2, -0.15) is 0 Å². The first-order valence-corrected chi connectivity index (χ1v) is 6.62. The third kappa shape index (κ3) is 2.93. The number of nitrogens with one attached hydrogen (secondary N) is 1. The summed E-state index contributed by atoms with van der Waals surface area (Å²) in [7, 11) is 0. The van der Waals surface area contributed by atoms with E-state index in [9.17, 15) is 4.79 Å². The summed E-state index contributed by atoms with van der Waals surface area (Å²) in [6.07, 6.45) is 6.61. The molecule has 0 unspecified atom stereocenters. The fourth-order valence-corrected chi connectivity index (χ4v) is 2.02. The Bertz CT molecular complexity index is 754. The molecule has 0 aliphatic rings. The average molecular weight is 299 g/mol. The smallest absolute Gasteiger partial charge is 0.257 e. The van der Waals surface area contributed by atoms with Gasteiger partial charge < -0.3 is 9.88 Å². The molecule has 2 heterocycles. The van der Waals surface area contributed by atoms with E-state index in [1.54, 1.807) is 24.7 Å². The second kappa shape index (κ2) is 5.76. The van der Waals surface area contributed by atoms with Crippen LogP contribution in [0.2, 0.25) is 5.15 Å². The van der Waals surface area contributed by atoms with Crippen LogP contribution in [-0.4, -0.2) is 20.4 Å². The molecule has 21 heavy (non-hydrogen) atoms. The van der Waals surface area contributed by atoms with Crippen molar-refractivity contribution < 1.29 is 4.79 Å². The van der Waals surface area contributed by atoms with Crippen LogP contribution < -0.4 is 5.32 Å². The zero-order valence-electron chi connectivity index (χ0n) is 10.9. The van der Waals surface area contributed by atoms with Crippen LogP contribution in [0.25, 0.3) is 5.69 Å². The summed E-state index contributed by atoms with van der Waals surface area (Å²) < 4.78 is 1.83. The first kappa shape index (κ1) is 13.3. The third-order valence-electron chi connectivity index (χ3n) is 2.92. The predicted octanol–water partition coefficient (Wildman–Crippen LogP) is 3.17. The molecule has 0 radical (unpaired) electrons. The summed E-state index contributed by atoms with van der Waals surface area (Å²) in [4.78, 5) is 20.1. The standard InChI is InChI=1S/C15H11ClN4O/c16-14-6-5-11(9-18-14)15(21)19-12-3-1-2-4-13(12)20-8-7-17-10-20/h1-10H,(H,19,21). The summed E-state index contributed by atoms with van der Waals surface area (Å²) in [5.41, 5.74) is 1.97. The van der Waals surface area contributed by atoms with Gasteiger partial charge in [-0.25, -0.2) is 9.97 Å². The zero-order valence-corrected chi connectivity index (χ0v) is 11.7. The minimum Gasteiger partial charge on any atom is -0.320 e. The van der Waals surface area contributed by atoms with E-state index in [2.05, 4.69) is 15.3 Å². The lowest BCUT2D eigenvalue weighted by molar-refractivity contribution is 0.102. The van der Waals surface area contributed by atoms with E-state index in [-0.39, 0.29) is 5.91 Å². The van der Waals surface area contributed by atoms with Crippen molar-refractivity contribution in [1.82, 2.24) is 14.5 Å². The normalized spacial score (nSPS) is 10.3. The van der Waals surface area contributed by atoms with Gasteiger partial charge in [-0.05, 0) is 24.3 Å². The highest BCUT2D eigenvalue weighted by molar-refractivity contribution is 6.29. The number of anilines is 1. The van der Waals surface area contributed by atoms with Gasteiger partial charge in [0.05, 0.1) is 23.3 Å². The van der Waals surface area contributed by atoms with Gasteiger partial charge in [0.25, 0.3) is 5.91 Å². The third-order valence-corrected chi connectivity index (χ3v) is 3.15. The number of halogens is 1. The van der Waals surface area contributed by atoms with E-state index >= 15 is 0 Å². The van der Waals surface area contributed by atoms with Crippen molar-refractivity contribution in [3.63, 3.8) is 0 Å². The van der Waals surface area contributed by atoms with Crippen LogP contribution in [0, 0.1) is 0 Å². The number of carbonyl (C=O) groups excluding carboxylic acids is 1. The Balaban J connectivity index is 1.88. The molecule has 3 rings (SSSR count). The SMILES string of the molecule is O=C(Nc1ccccc1-n1ccnc1)c1ccc(Cl)nc1. The van der Waals surface area contributed by atoms with E-state index < -0.39 is 0 Å². The number of carbonyl (C=O) groups is 1. The minimum absolute atomic E-state index is 0.244. The summed E-state index contributed by atoms with van der Waals surface area (Å²) >= 11 is 5.72. The van der Waals surface area contributed by atoms with Gasteiger partial charge in [-0.1, -0.05) is 23.7 Å². The maximum atomic E-state index is 12.2. The van der Waals surface area contributed by atoms with Gasteiger partial charge in [0.15, 0.2) is 0 Å². The number of pyridine rings is 1. The number of aromatic nitrogens is 3. The van der Waals surface area contributed by atoms with Crippen molar-refractivity contribution in [1.29, 1.82) is 0 Å². The lowest BCUT2D eigenvalue weighted by Crippen LogP contribution is -2.13. The summed E-state index contributed by atoms with van der Waals surface area (Å²) in [6.45, 7) is 0. The monoisotopic (exact) mass is 298 g/mol. The predicted molar refractivity (Wildman–Crippen MR) is 80.8 cm³/mol. The highest BCUT2D eigenvalue weighted by Crippen LogP contribution is 2.20. The molecule has 6 heteroatoms. The van der Waals surface area contributed by atoms with Crippen LogP contribution in [0.1, 0.15) is 10.4 Å². The fourth-order valence-electron chi connectivity index (χ4n) is 1.91. The Morgan fingerprint density at radius 2 is 2.05 bits per heavy atom. The zero-order chi connectivity index (χ0) is 14.7. The number of nitrogens with zero attached hydrogens (tertiary/aromatic N) is 3. The Morgan fingerprint density at radius 1 is 1.19 bits per heavy atom. The number of imidazole rings is 1. The molecule has 0 aliphatic heterocycles. The molecule has 0 aliphatic carbocycles. The molecule has 1 aromatic carbocycles. The molecule has 3 aromatic rings. The first-order chi connectivity index (χ1) is 10.2. The van der Waals surface area contributed by atoms with Gasteiger partial charge >= 0.3 is 0 Å². The average Bonchev–Trinajstić information content (AvgIpc) is 3.02. The highest BCUT2D eigenvalue weighted by Gasteiger charge is 2.10. The Morgan fingerprint density at radius 3 is 2.76 bits per heavy atom. The second-order valence-corrected chi connectivity index (χ2v) is 4.70. The van der Waals surface area contributed by atoms with Crippen LogP contribution >= 0.6 is 11.6 Å². The van der Waals surface area contributed by atoms with Crippen molar-refractivity contribution >= 4 is 23.2 Å². The van der Waals surface area contributed by atoms with Crippen molar-refractivity contribution in [2.24, 2.45) is 0 Å². The summed E-state index contributed by atoms with van der Waals surface area (Å²) in [5, 5.41) is 3.22. The van der Waals surface area contributed by atoms with Crippen LogP contribution in [0.3, 0.4) is 0 Å².